The summed E-state index contributed by atoms with van der Waals surface area (Å²) in [5, 5.41) is 2.87. The van der Waals surface area contributed by atoms with Gasteiger partial charge in [-0.2, -0.15) is 13.2 Å². The van der Waals surface area contributed by atoms with Crippen molar-refractivity contribution in [3.8, 4) is 0 Å². The number of hydrogen-bond donors (Lipinski definition) is 1. The number of anilines is 1. The Kier molecular flexibility index (Phi) is 7.21. The predicted molar refractivity (Wildman–Crippen MR) is 135 cm³/mol. The van der Waals surface area contributed by atoms with E-state index in [1.54, 1.807) is 6.07 Å². The fraction of sp³-hybridized carbons (Fsp3) is 0.500. The van der Waals surface area contributed by atoms with Gasteiger partial charge in [0.15, 0.2) is 0 Å². The largest absolute Gasteiger partial charge is 0.416 e. The number of nitrogens with zero attached hydrogens (tertiary/aromatic N) is 3. The van der Waals surface area contributed by atoms with Crippen molar-refractivity contribution < 1.29 is 18.0 Å². The monoisotopic (exact) mass is 498 g/mol. The van der Waals surface area contributed by atoms with Crippen LogP contribution in [-0.2, 0) is 24.1 Å². The average Bonchev–Trinajstić information content (AvgIpc) is 3.26. The lowest BCUT2D eigenvalue weighted by Crippen LogP contribution is -2.44. The Hall–Kier alpha value is -3.03. The smallest absolute Gasteiger partial charge is 0.352 e. The maximum absolute atomic E-state index is 13.0. The summed E-state index contributed by atoms with van der Waals surface area (Å²) in [6.07, 6.45) is 3.60. The summed E-state index contributed by atoms with van der Waals surface area (Å²) in [6, 6.07) is 13.3. The lowest BCUT2D eigenvalue weighted by Gasteiger charge is -2.34. The van der Waals surface area contributed by atoms with Crippen molar-refractivity contribution in [2.75, 3.05) is 18.0 Å². The molecule has 1 amide bonds. The number of amides is 1. The summed E-state index contributed by atoms with van der Waals surface area (Å²) in [5.74, 6) is 1.23. The van der Waals surface area contributed by atoms with E-state index in [0.29, 0.717) is 18.0 Å². The van der Waals surface area contributed by atoms with Crippen LogP contribution in [-0.4, -0.2) is 28.5 Å². The van der Waals surface area contributed by atoms with Gasteiger partial charge in [0.2, 0.25) is 11.9 Å². The lowest BCUT2D eigenvalue weighted by atomic mass is 9.89. The number of piperidine rings is 1. The van der Waals surface area contributed by atoms with Crippen LogP contribution in [0.25, 0.3) is 11.0 Å². The fourth-order valence-corrected chi connectivity index (χ4v) is 5.68. The number of aromatic nitrogens is 2. The second-order valence-corrected chi connectivity index (χ2v) is 10.2. The van der Waals surface area contributed by atoms with Crippen molar-refractivity contribution in [2.45, 2.75) is 64.2 Å². The Morgan fingerprint density at radius 2 is 1.81 bits per heavy atom. The highest BCUT2D eigenvalue weighted by molar-refractivity contribution is 5.81. The Morgan fingerprint density at radius 3 is 2.61 bits per heavy atom. The summed E-state index contributed by atoms with van der Waals surface area (Å²) in [7, 11) is 0. The SMILES string of the molecule is O=C(NCc1cccc(C(F)(F)F)c1)[C@@H]1CCCN(c2nc3ccccc3n2CC2CCCCC2)C1. The molecule has 0 unspecified atom stereocenters. The highest BCUT2D eigenvalue weighted by atomic mass is 19.4. The van der Waals surface area contributed by atoms with E-state index < -0.39 is 11.7 Å². The summed E-state index contributed by atoms with van der Waals surface area (Å²) < 4.78 is 41.4. The van der Waals surface area contributed by atoms with Crippen molar-refractivity contribution in [3.63, 3.8) is 0 Å². The van der Waals surface area contributed by atoms with Crippen LogP contribution < -0.4 is 10.2 Å². The molecular formula is C28H33F3N4O. The topological polar surface area (TPSA) is 50.2 Å². The molecular weight excluding hydrogens is 465 g/mol. The molecule has 8 heteroatoms. The molecule has 2 fully saturated rings. The van der Waals surface area contributed by atoms with E-state index in [-0.39, 0.29) is 18.4 Å². The minimum absolute atomic E-state index is 0.0828. The minimum Gasteiger partial charge on any atom is -0.352 e. The third kappa shape index (κ3) is 5.52. The normalized spacial score (nSPS) is 19.5. The van der Waals surface area contributed by atoms with Gasteiger partial charge >= 0.3 is 6.18 Å². The van der Waals surface area contributed by atoms with Gasteiger partial charge in [0.1, 0.15) is 0 Å². The third-order valence-corrected chi connectivity index (χ3v) is 7.60. The average molecular weight is 499 g/mol. The van der Waals surface area contributed by atoms with E-state index in [1.165, 1.54) is 38.2 Å². The molecule has 1 atom stereocenters. The molecule has 0 radical (unpaired) electrons. The summed E-state index contributed by atoms with van der Waals surface area (Å²) >= 11 is 0. The van der Waals surface area contributed by atoms with Crippen molar-refractivity contribution in [1.29, 1.82) is 0 Å². The maximum Gasteiger partial charge on any atom is 0.416 e. The van der Waals surface area contributed by atoms with Gasteiger partial charge in [-0.05, 0) is 61.4 Å². The minimum atomic E-state index is -4.40. The van der Waals surface area contributed by atoms with Gasteiger partial charge in [-0.25, -0.2) is 4.98 Å². The number of hydrogen-bond acceptors (Lipinski definition) is 3. The number of rotatable bonds is 6. The first-order valence-corrected chi connectivity index (χ1v) is 13.0. The Morgan fingerprint density at radius 1 is 1.00 bits per heavy atom. The highest BCUT2D eigenvalue weighted by Gasteiger charge is 2.31. The number of fused-ring (bicyclic) bond motifs is 1. The second kappa shape index (κ2) is 10.5. The van der Waals surface area contributed by atoms with E-state index >= 15 is 0 Å². The molecule has 36 heavy (non-hydrogen) atoms. The third-order valence-electron chi connectivity index (χ3n) is 7.60. The number of carbonyl (C=O) groups excluding carboxylic acids is 1. The molecule has 1 saturated carbocycles. The van der Waals surface area contributed by atoms with Crippen LogP contribution in [0, 0.1) is 11.8 Å². The van der Waals surface area contributed by atoms with Crippen molar-refractivity contribution in [2.24, 2.45) is 11.8 Å². The number of alkyl halides is 3. The number of imidazole rings is 1. The number of para-hydroxylation sites is 2. The van der Waals surface area contributed by atoms with E-state index in [2.05, 4.69) is 20.9 Å². The van der Waals surface area contributed by atoms with Crippen molar-refractivity contribution >= 4 is 22.9 Å². The molecule has 1 aromatic heterocycles. The van der Waals surface area contributed by atoms with Crippen LogP contribution in [0.15, 0.2) is 48.5 Å². The molecule has 2 heterocycles. The van der Waals surface area contributed by atoms with Gasteiger partial charge in [0.25, 0.3) is 0 Å². The van der Waals surface area contributed by atoms with Gasteiger partial charge < -0.3 is 14.8 Å². The van der Waals surface area contributed by atoms with E-state index in [1.807, 2.05) is 18.2 Å². The van der Waals surface area contributed by atoms with Gasteiger partial charge in [0.05, 0.1) is 22.5 Å². The summed E-state index contributed by atoms with van der Waals surface area (Å²) in [6.45, 7) is 2.42. The molecule has 2 aliphatic rings. The van der Waals surface area contributed by atoms with Gasteiger partial charge in [-0.1, -0.05) is 43.5 Å². The van der Waals surface area contributed by atoms with E-state index in [0.717, 1.165) is 55.0 Å². The van der Waals surface area contributed by atoms with Crippen LogP contribution in [0.4, 0.5) is 19.1 Å². The Bertz CT molecular complexity index is 1200. The van der Waals surface area contributed by atoms with E-state index in [4.69, 9.17) is 4.98 Å². The second-order valence-electron chi connectivity index (χ2n) is 10.2. The van der Waals surface area contributed by atoms with Gasteiger partial charge in [-0.15, -0.1) is 0 Å². The molecule has 192 valence electrons. The molecule has 5 rings (SSSR count). The molecule has 1 aliphatic heterocycles. The molecule has 2 aromatic carbocycles. The molecule has 0 spiro atoms. The molecule has 1 saturated heterocycles. The first-order valence-electron chi connectivity index (χ1n) is 13.0. The predicted octanol–water partition coefficient (Wildman–Crippen LogP) is 6.17. The van der Waals surface area contributed by atoms with Crippen LogP contribution in [0.1, 0.15) is 56.1 Å². The molecule has 0 bridgehead atoms. The molecule has 1 aliphatic carbocycles. The molecule has 1 N–H and O–H groups in total. The first kappa shape index (κ1) is 24.7. The van der Waals surface area contributed by atoms with Crippen LogP contribution in [0.3, 0.4) is 0 Å². The van der Waals surface area contributed by atoms with Crippen LogP contribution in [0.2, 0.25) is 0 Å². The zero-order valence-corrected chi connectivity index (χ0v) is 20.4. The summed E-state index contributed by atoms with van der Waals surface area (Å²) in [5.41, 5.74) is 1.85. The zero-order chi connectivity index (χ0) is 25.1. The van der Waals surface area contributed by atoms with Gasteiger partial charge in [-0.3, -0.25) is 4.79 Å². The number of carbonyl (C=O) groups is 1. The van der Waals surface area contributed by atoms with Crippen LogP contribution in [0.5, 0.6) is 0 Å². The standard InChI is InChI=1S/C28H33F3N4O/c29-28(30,31)23-12-6-10-21(16-23)17-32-26(36)22-11-7-15-34(19-22)27-33-24-13-4-5-14-25(24)35(27)18-20-8-2-1-3-9-20/h4-6,10,12-14,16,20,22H,1-3,7-9,11,15,17-19H2,(H,32,36)/t22-/m1/s1. The molecule has 3 aromatic rings. The summed E-state index contributed by atoms with van der Waals surface area (Å²) in [4.78, 5) is 20.2. The maximum atomic E-state index is 13.0. The fourth-order valence-electron chi connectivity index (χ4n) is 5.68. The number of nitrogens with one attached hydrogen (secondary N) is 1. The van der Waals surface area contributed by atoms with E-state index in [9.17, 15) is 18.0 Å². The quantitative estimate of drug-likeness (QED) is 0.442. The lowest BCUT2D eigenvalue weighted by molar-refractivity contribution is -0.137. The highest BCUT2D eigenvalue weighted by Crippen LogP contribution is 2.32. The number of benzene rings is 2. The Balaban J connectivity index is 1.29. The zero-order valence-electron chi connectivity index (χ0n) is 20.4. The molecule has 5 nitrogen and oxygen atoms in total. The van der Waals surface area contributed by atoms with Crippen molar-refractivity contribution in [3.05, 3.63) is 59.7 Å². The van der Waals surface area contributed by atoms with Gasteiger partial charge in [0, 0.05) is 26.2 Å². The first-order chi connectivity index (χ1) is 17.4. The Labute approximate surface area is 209 Å². The van der Waals surface area contributed by atoms with Crippen molar-refractivity contribution in [1.82, 2.24) is 14.9 Å². The number of halogens is 3. The van der Waals surface area contributed by atoms with Crippen LogP contribution >= 0.6 is 0 Å².